The molecule has 0 saturated heterocycles. The number of rotatable bonds is 6. The summed E-state index contributed by atoms with van der Waals surface area (Å²) in [4.78, 5) is 20.4. The van der Waals surface area contributed by atoms with E-state index in [1.54, 1.807) is 6.20 Å². The highest BCUT2D eigenvalue weighted by Gasteiger charge is 2.16. The average molecular weight is 312 g/mol. The lowest BCUT2D eigenvalue weighted by Gasteiger charge is -2.19. The van der Waals surface area contributed by atoms with Gasteiger partial charge in [0.2, 0.25) is 0 Å². The Balaban J connectivity index is 1.78. The van der Waals surface area contributed by atoms with E-state index in [2.05, 4.69) is 44.9 Å². The monoisotopic (exact) mass is 312 g/mol. The third kappa shape index (κ3) is 6.06. The molecule has 23 heavy (non-hydrogen) atoms. The van der Waals surface area contributed by atoms with Crippen LogP contribution in [-0.2, 0) is 6.42 Å². The average Bonchev–Trinajstić information content (AvgIpc) is 2.51. The highest BCUT2D eigenvalue weighted by Crippen LogP contribution is 2.06. The molecule has 0 spiro atoms. The number of aryl methyl sites for hydroxylation is 1. The molecule has 0 fully saturated rings. The molecule has 0 saturated carbocycles. The minimum Gasteiger partial charge on any atom is -0.369 e. The van der Waals surface area contributed by atoms with E-state index in [4.69, 9.17) is 0 Å². The highest BCUT2D eigenvalue weighted by molar-refractivity contribution is 5.92. The van der Waals surface area contributed by atoms with Gasteiger partial charge in [0.05, 0.1) is 12.4 Å². The maximum Gasteiger partial charge on any atom is 0.271 e. The largest absolute Gasteiger partial charge is 0.369 e. The Morgan fingerprint density at radius 3 is 2.43 bits per heavy atom. The first kappa shape index (κ1) is 16.9. The molecule has 2 rings (SSSR count). The molecule has 1 amide bonds. The number of carbonyl (C=O) groups excluding carboxylic acids is 1. The van der Waals surface area contributed by atoms with Gasteiger partial charge < -0.3 is 10.6 Å². The lowest BCUT2D eigenvalue weighted by molar-refractivity contribution is 0.0914. The van der Waals surface area contributed by atoms with E-state index in [1.165, 1.54) is 11.8 Å². The highest BCUT2D eigenvalue weighted by atomic mass is 16.2. The minimum absolute atomic E-state index is 0.208. The molecular formula is C18H24N4O. The number of nitrogens with zero attached hydrogens (tertiary/aromatic N) is 2. The molecule has 0 aliphatic rings. The topological polar surface area (TPSA) is 66.9 Å². The summed E-state index contributed by atoms with van der Waals surface area (Å²) in [6, 6.07) is 10.4. The zero-order valence-corrected chi connectivity index (χ0v) is 14.0. The summed E-state index contributed by atoms with van der Waals surface area (Å²) in [6.45, 7) is 6.61. The van der Waals surface area contributed by atoms with E-state index >= 15 is 0 Å². The molecule has 5 heteroatoms. The first-order chi connectivity index (χ1) is 10.9. The molecule has 1 aromatic carbocycles. The van der Waals surface area contributed by atoms with Gasteiger partial charge in [-0.3, -0.25) is 4.79 Å². The van der Waals surface area contributed by atoms with E-state index in [9.17, 15) is 4.79 Å². The smallest absolute Gasteiger partial charge is 0.271 e. The van der Waals surface area contributed by atoms with E-state index in [1.807, 2.05) is 26.8 Å². The molecule has 1 aromatic heterocycles. The molecule has 1 heterocycles. The van der Waals surface area contributed by atoms with E-state index in [0.717, 1.165) is 19.4 Å². The summed E-state index contributed by atoms with van der Waals surface area (Å²) in [5.41, 5.74) is 1.37. The van der Waals surface area contributed by atoms with Crippen LogP contribution in [-0.4, -0.2) is 28.0 Å². The second-order valence-corrected chi connectivity index (χ2v) is 6.51. The zero-order valence-electron chi connectivity index (χ0n) is 14.0. The van der Waals surface area contributed by atoms with Gasteiger partial charge in [0, 0.05) is 12.1 Å². The lowest BCUT2D eigenvalue weighted by Crippen LogP contribution is -2.40. The van der Waals surface area contributed by atoms with Gasteiger partial charge in [0.15, 0.2) is 0 Å². The first-order valence-corrected chi connectivity index (χ1v) is 7.86. The Bertz CT molecular complexity index is 618. The molecule has 2 aromatic rings. The first-order valence-electron chi connectivity index (χ1n) is 7.86. The van der Waals surface area contributed by atoms with Crippen LogP contribution in [0.25, 0.3) is 0 Å². The minimum atomic E-state index is -0.285. The number of amides is 1. The molecular weight excluding hydrogens is 288 g/mol. The maximum absolute atomic E-state index is 12.0. The van der Waals surface area contributed by atoms with Crippen LogP contribution in [0.1, 0.15) is 43.2 Å². The summed E-state index contributed by atoms with van der Waals surface area (Å²) >= 11 is 0. The Morgan fingerprint density at radius 1 is 1.09 bits per heavy atom. The van der Waals surface area contributed by atoms with Crippen LogP contribution >= 0.6 is 0 Å². The van der Waals surface area contributed by atoms with Gasteiger partial charge in [-0.15, -0.1) is 0 Å². The number of aromatic nitrogens is 2. The molecule has 0 atom stereocenters. The Kier molecular flexibility index (Phi) is 5.68. The lowest BCUT2D eigenvalue weighted by atomic mass is 10.1. The zero-order chi connectivity index (χ0) is 16.7. The van der Waals surface area contributed by atoms with Crippen LogP contribution in [0.4, 0.5) is 5.82 Å². The van der Waals surface area contributed by atoms with Gasteiger partial charge >= 0.3 is 0 Å². The predicted octanol–water partition coefficient (Wildman–Crippen LogP) is 3.05. The van der Waals surface area contributed by atoms with Crippen molar-refractivity contribution in [2.75, 3.05) is 11.9 Å². The molecule has 0 aliphatic heterocycles. The van der Waals surface area contributed by atoms with E-state index < -0.39 is 0 Å². The van der Waals surface area contributed by atoms with Crippen LogP contribution in [0.5, 0.6) is 0 Å². The van der Waals surface area contributed by atoms with Crippen molar-refractivity contribution in [2.24, 2.45) is 0 Å². The molecule has 0 radical (unpaired) electrons. The standard InChI is InChI=1S/C18H24N4O/c1-18(2,3)22-17(23)15-12-21-16(13-20-15)19-11-7-10-14-8-5-4-6-9-14/h4-6,8-9,12-13H,7,10-11H2,1-3H3,(H,19,21)(H,22,23). The maximum atomic E-state index is 12.0. The molecule has 0 aliphatic carbocycles. The second-order valence-electron chi connectivity index (χ2n) is 6.51. The van der Waals surface area contributed by atoms with Crippen LogP contribution in [0.3, 0.4) is 0 Å². The molecule has 122 valence electrons. The normalized spacial score (nSPS) is 11.1. The number of hydrogen-bond donors (Lipinski definition) is 2. The van der Waals surface area contributed by atoms with Crippen molar-refractivity contribution in [1.82, 2.24) is 15.3 Å². The van der Waals surface area contributed by atoms with Crippen LogP contribution in [0.2, 0.25) is 0 Å². The predicted molar refractivity (Wildman–Crippen MR) is 92.5 cm³/mol. The third-order valence-corrected chi connectivity index (χ3v) is 3.16. The Labute approximate surface area is 137 Å². The third-order valence-electron chi connectivity index (χ3n) is 3.16. The summed E-state index contributed by atoms with van der Waals surface area (Å²) in [7, 11) is 0. The van der Waals surface area contributed by atoms with Gasteiger partial charge in [-0.2, -0.15) is 0 Å². The Hall–Kier alpha value is -2.43. The van der Waals surface area contributed by atoms with Crippen LogP contribution in [0.15, 0.2) is 42.7 Å². The number of benzene rings is 1. The molecule has 2 N–H and O–H groups in total. The van der Waals surface area contributed by atoms with Crippen molar-refractivity contribution >= 4 is 11.7 Å². The number of hydrogen-bond acceptors (Lipinski definition) is 4. The van der Waals surface area contributed by atoms with Crippen molar-refractivity contribution in [3.8, 4) is 0 Å². The summed E-state index contributed by atoms with van der Waals surface area (Å²) in [6.07, 6.45) is 5.13. The quantitative estimate of drug-likeness (QED) is 0.805. The van der Waals surface area contributed by atoms with Crippen molar-refractivity contribution in [1.29, 1.82) is 0 Å². The number of anilines is 1. The van der Waals surface area contributed by atoms with Crippen molar-refractivity contribution in [3.63, 3.8) is 0 Å². The van der Waals surface area contributed by atoms with Crippen LogP contribution < -0.4 is 10.6 Å². The van der Waals surface area contributed by atoms with Crippen LogP contribution in [0, 0.1) is 0 Å². The molecule has 0 bridgehead atoms. The van der Waals surface area contributed by atoms with E-state index in [0.29, 0.717) is 11.5 Å². The summed E-state index contributed by atoms with van der Waals surface area (Å²) in [5.74, 6) is 0.478. The molecule has 5 nitrogen and oxygen atoms in total. The van der Waals surface area contributed by atoms with Gasteiger partial charge in [0.1, 0.15) is 11.5 Å². The second kappa shape index (κ2) is 7.72. The number of carbonyl (C=O) groups is 1. The van der Waals surface area contributed by atoms with Gasteiger partial charge in [0.25, 0.3) is 5.91 Å². The SMILES string of the molecule is CC(C)(C)NC(=O)c1cnc(NCCCc2ccccc2)cn1. The molecule has 0 unspecified atom stereocenters. The van der Waals surface area contributed by atoms with E-state index in [-0.39, 0.29) is 11.4 Å². The summed E-state index contributed by atoms with van der Waals surface area (Å²) in [5, 5.41) is 6.09. The Morgan fingerprint density at radius 2 is 1.83 bits per heavy atom. The fourth-order valence-electron chi connectivity index (χ4n) is 2.09. The number of nitrogens with one attached hydrogen (secondary N) is 2. The van der Waals surface area contributed by atoms with Crippen molar-refractivity contribution in [3.05, 3.63) is 54.0 Å². The fourth-order valence-corrected chi connectivity index (χ4v) is 2.09. The van der Waals surface area contributed by atoms with Gasteiger partial charge in [-0.1, -0.05) is 30.3 Å². The fraction of sp³-hybridized carbons (Fsp3) is 0.389. The van der Waals surface area contributed by atoms with Crippen molar-refractivity contribution < 1.29 is 4.79 Å². The van der Waals surface area contributed by atoms with Gasteiger partial charge in [-0.05, 0) is 39.2 Å². The van der Waals surface area contributed by atoms with Gasteiger partial charge in [-0.25, -0.2) is 9.97 Å². The van der Waals surface area contributed by atoms with Crippen molar-refractivity contribution in [2.45, 2.75) is 39.2 Å². The summed E-state index contributed by atoms with van der Waals surface area (Å²) < 4.78 is 0.